The van der Waals surface area contributed by atoms with Crippen molar-refractivity contribution in [1.82, 2.24) is 14.9 Å². The highest BCUT2D eigenvalue weighted by Crippen LogP contribution is 2.30. The van der Waals surface area contributed by atoms with Crippen LogP contribution in [0.15, 0.2) is 36.4 Å². The molecular formula is C21H22ClFN4O2. The fourth-order valence-corrected chi connectivity index (χ4v) is 3.84. The highest BCUT2D eigenvalue weighted by molar-refractivity contribution is 6.30. The van der Waals surface area contributed by atoms with Gasteiger partial charge in [0.2, 0.25) is 11.9 Å². The van der Waals surface area contributed by atoms with Crippen LogP contribution in [-0.4, -0.2) is 39.0 Å². The average Bonchev–Trinajstić information content (AvgIpc) is 3.30. The van der Waals surface area contributed by atoms with Gasteiger partial charge in [0, 0.05) is 19.5 Å². The number of benzene rings is 2. The van der Waals surface area contributed by atoms with Gasteiger partial charge in [0.1, 0.15) is 5.82 Å². The number of para-hydroxylation sites is 1. The number of fused-ring (bicyclic) bond motifs is 1. The Balaban J connectivity index is 1.64. The van der Waals surface area contributed by atoms with Crippen molar-refractivity contribution in [2.24, 2.45) is 0 Å². The van der Waals surface area contributed by atoms with Crippen LogP contribution in [0.4, 0.5) is 10.3 Å². The maximum absolute atomic E-state index is 13.5. The Kier molecular flexibility index (Phi) is 5.19. The lowest BCUT2D eigenvalue weighted by Gasteiger charge is -2.29. The Morgan fingerprint density at radius 3 is 2.90 bits per heavy atom. The minimum atomic E-state index is -0.920. The number of hydrogen-bond donors (Lipinski definition) is 3. The Morgan fingerprint density at radius 1 is 1.38 bits per heavy atom. The first-order valence-electron chi connectivity index (χ1n) is 9.49. The Labute approximate surface area is 172 Å². The third kappa shape index (κ3) is 3.80. The van der Waals surface area contributed by atoms with Gasteiger partial charge in [-0.05, 0) is 42.7 Å². The van der Waals surface area contributed by atoms with Gasteiger partial charge in [-0.25, -0.2) is 9.37 Å². The molecule has 152 valence electrons. The molecule has 3 aromatic rings. The summed E-state index contributed by atoms with van der Waals surface area (Å²) >= 11 is 5.92. The lowest BCUT2D eigenvalue weighted by atomic mass is 9.93. The quantitative estimate of drug-likeness (QED) is 0.571. The number of hydrogen-bond acceptors (Lipinski definition) is 4. The van der Waals surface area contributed by atoms with Crippen molar-refractivity contribution in [3.05, 3.63) is 58.4 Å². The normalized spacial score (nSPS) is 16.4. The molecule has 1 aliphatic rings. The van der Waals surface area contributed by atoms with E-state index in [0.29, 0.717) is 24.5 Å². The Hall–Kier alpha value is -2.64. The second-order valence-electron chi connectivity index (χ2n) is 7.56. The number of nitrogens with zero attached hydrogens (tertiary/aromatic N) is 2. The second-order valence-corrected chi connectivity index (χ2v) is 7.97. The molecule has 1 aliphatic heterocycles. The number of H-pyrrole nitrogens is 1. The standard InChI is InChI=1S/C21H22ClFN4O2/c1-21(12-28,14-7-8-16(23)15(22)10-14)26-20-24-17-5-2-4-13(19(17)25-20)11-27-9-3-6-18(27)29/h2,4-5,7-8,10,28H,3,6,9,11-12H2,1H3,(H2,24,25,26). The monoisotopic (exact) mass is 416 g/mol. The number of aliphatic hydroxyl groups excluding tert-OH is 1. The zero-order valence-corrected chi connectivity index (χ0v) is 16.8. The molecule has 6 nitrogen and oxygen atoms in total. The van der Waals surface area contributed by atoms with Crippen LogP contribution in [0.1, 0.15) is 30.9 Å². The molecule has 0 radical (unpaired) electrons. The van der Waals surface area contributed by atoms with Crippen molar-refractivity contribution in [1.29, 1.82) is 0 Å². The van der Waals surface area contributed by atoms with E-state index in [9.17, 15) is 14.3 Å². The third-order valence-corrected chi connectivity index (χ3v) is 5.69. The number of nitrogens with one attached hydrogen (secondary N) is 2. The molecule has 3 N–H and O–H groups in total. The van der Waals surface area contributed by atoms with Crippen molar-refractivity contribution in [3.63, 3.8) is 0 Å². The summed E-state index contributed by atoms with van der Waals surface area (Å²) in [6, 6.07) is 10.1. The summed E-state index contributed by atoms with van der Waals surface area (Å²) in [4.78, 5) is 21.7. The molecule has 1 unspecified atom stereocenters. The van der Waals surface area contributed by atoms with Gasteiger partial charge in [0.15, 0.2) is 0 Å². The molecule has 0 bridgehead atoms. The number of anilines is 1. The topological polar surface area (TPSA) is 81.2 Å². The number of aliphatic hydroxyl groups is 1. The summed E-state index contributed by atoms with van der Waals surface area (Å²) in [7, 11) is 0. The molecular weight excluding hydrogens is 395 g/mol. The first-order chi connectivity index (χ1) is 13.9. The molecule has 29 heavy (non-hydrogen) atoms. The number of likely N-dealkylation sites (tertiary alicyclic amines) is 1. The molecule has 2 heterocycles. The lowest BCUT2D eigenvalue weighted by molar-refractivity contribution is -0.128. The summed E-state index contributed by atoms with van der Waals surface area (Å²) in [5, 5.41) is 13.2. The molecule has 1 atom stereocenters. The van der Waals surface area contributed by atoms with E-state index in [0.717, 1.165) is 29.6 Å². The van der Waals surface area contributed by atoms with E-state index >= 15 is 0 Å². The van der Waals surface area contributed by atoms with Crippen molar-refractivity contribution in [3.8, 4) is 0 Å². The molecule has 8 heteroatoms. The highest BCUT2D eigenvalue weighted by atomic mass is 35.5. The van der Waals surface area contributed by atoms with Crippen molar-refractivity contribution >= 4 is 34.5 Å². The van der Waals surface area contributed by atoms with Crippen LogP contribution >= 0.6 is 11.6 Å². The minimum Gasteiger partial charge on any atom is -0.394 e. The predicted molar refractivity (Wildman–Crippen MR) is 110 cm³/mol. The Bertz CT molecular complexity index is 1070. The van der Waals surface area contributed by atoms with Crippen molar-refractivity contribution < 1.29 is 14.3 Å². The van der Waals surface area contributed by atoms with E-state index in [1.165, 1.54) is 12.1 Å². The van der Waals surface area contributed by atoms with Crippen LogP contribution in [0.2, 0.25) is 5.02 Å². The molecule has 0 spiro atoms. The molecule has 1 fully saturated rings. The maximum atomic E-state index is 13.5. The van der Waals surface area contributed by atoms with Crippen LogP contribution in [0, 0.1) is 5.82 Å². The number of carbonyl (C=O) groups excluding carboxylic acids is 1. The van der Waals surface area contributed by atoms with Crippen LogP contribution < -0.4 is 5.32 Å². The van der Waals surface area contributed by atoms with E-state index in [1.807, 2.05) is 23.1 Å². The fourth-order valence-electron chi connectivity index (χ4n) is 3.66. The SMILES string of the molecule is CC(CO)(Nc1nc2c(CN3CCCC3=O)cccc2[nH]1)c1ccc(F)c(Cl)c1. The van der Waals surface area contributed by atoms with E-state index in [-0.39, 0.29) is 17.5 Å². The largest absolute Gasteiger partial charge is 0.394 e. The van der Waals surface area contributed by atoms with Gasteiger partial charge in [-0.15, -0.1) is 0 Å². The molecule has 1 amide bonds. The summed E-state index contributed by atoms with van der Waals surface area (Å²) in [5.74, 6) is 0.120. The summed E-state index contributed by atoms with van der Waals surface area (Å²) in [6.45, 7) is 2.82. The third-order valence-electron chi connectivity index (χ3n) is 5.40. The smallest absolute Gasteiger partial charge is 0.222 e. The molecule has 1 aromatic heterocycles. The van der Waals surface area contributed by atoms with Gasteiger partial charge >= 0.3 is 0 Å². The maximum Gasteiger partial charge on any atom is 0.222 e. The molecule has 4 rings (SSSR count). The lowest BCUT2D eigenvalue weighted by Crippen LogP contribution is -2.36. The number of amides is 1. The number of imidazole rings is 1. The number of halogens is 2. The van der Waals surface area contributed by atoms with Crippen LogP contribution in [0.5, 0.6) is 0 Å². The van der Waals surface area contributed by atoms with E-state index in [2.05, 4.69) is 15.3 Å². The Morgan fingerprint density at radius 2 is 2.21 bits per heavy atom. The number of aromatic nitrogens is 2. The zero-order chi connectivity index (χ0) is 20.6. The fraction of sp³-hybridized carbons (Fsp3) is 0.333. The van der Waals surface area contributed by atoms with Gasteiger partial charge in [-0.3, -0.25) is 4.79 Å². The van der Waals surface area contributed by atoms with E-state index in [4.69, 9.17) is 11.6 Å². The molecule has 2 aromatic carbocycles. The van der Waals surface area contributed by atoms with Crippen molar-refractivity contribution in [2.75, 3.05) is 18.5 Å². The predicted octanol–water partition coefficient (Wildman–Crippen LogP) is 3.80. The van der Waals surface area contributed by atoms with Crippen LogP contribution in [-0.2, 0) is 16.9 Å². The van der Waals surface area contributed by atoms with Gasteiger partial charge in [0.25, 0.3) is 0 Å². The summed E-state index contributed by atoms with van der Waals surface area (Å²) in [5.41, 5.74) is 2.27. The van der Waals surface area contributed by atoms with Gasteiger partial charge in [-0.1, -0.05) is 29.8 Å². The molecule has 0 aliphatic carbocycles. The van der Waals surface area contributed by atoms with E-state index in [1.54, 1.807) is 13.0 Å². The zero-order valence-electron chi connectivity index (χ0n) is 16.0. The van der Waals surface area contributed by atoms with Crippen LogP contribution in [0.3, 0.4) is 0 Å². The molecule has 0 saturated carbocycles. The van der Waals surface area contributed by atoms with Gasteiger partial charge < -0.3 is 20.3 Å². The molecule has 1 saturated heterocycles. The first kappa shape index (κ1) is 19.7. The minimum absolute atomic E-state index is 0.00820. The van der Waals surface area contributed by atoms with Crippen molar-refractivity contribution in [2.45, 2.75) is 31.8 Å². The first-order valence-corrected chi connectivity index (χ1v) is 9.87. The number of aromatic amines is 1. The summed E-state index contributed by atoms with van der Waals surface area (Å²) in [6.07, 6.45) is 1.48. The van der Waals surface area contributed by atoms with E-state index < -0.39 is 11.4 Å². The number of rotatable bonds is 6. The summed E-state index contributed by atoms with van der Waals surface area (Å²) < 4.78 is 13.5. The van der Waals surface area contributed by atoms with Crippen LogP contribution in [0.25, 0.3) is 11.0 Å². The highest BCUT2D eigenvalue weighted by Gasteiger charge is 2.28. The number of carbonyl (C=O) groups is 1. The average molecular weight is 417 g/mol. The second kappa shape index (κ2) is 7.65. The van der Waals surface area contributed by atoms with Gasteiger partial charge in [-0.2, -0.15) is 0 Å². The van der Waals surface area contributed by atoms with Gasteiger partial charge in [0.05, 0.1) is 28.2 Å².